The van der Waals surface area contributed by atoms with Crippen molar-refractivity contribution in [2.75, 3.05) is 15.5 Å². The number of ether oxygens (including phenoxy) is 1. The molecule has 0 aromatic heterocycles. The molecular formula is C31H23Cl2N3O4. The zero-order valence-corrected chi connectivity index (χ0v) is 22.8. The highest BCUT2D eigenvalue weighted by atomic mass is 35.5. The molecule has 4 aromatic carbocycles. The number of anilines is 3. The van der Waals surface area contributed by atoms with E-state index in [0.717, 1.165) is 16.2 Å². The molecule has 1 aliphatic rings. The molecule has 0 fully saturated rings. The maximum atomic E-state index is 13.1. The molecule has 4 aromatic rings. The van der Waals surface area contributed by atoms with E-state index >= 15 is 0 Å². The predicted octanol–water partition coefficient (Wildman–Crippen LogP) is 7.06. The van der Waals surface area contributed by atoms with E-state index in [4.69, 9.17) is 27.9 Å². The number of imide groups is 1. The van der Waals surface area contributed by atoms with Gasteiger partial charge in [0, 0.05) is 16.4 Å². The third kappa shape index (κ3) is 5.86. The van der Waals surface area contributed by atoms with Crippen molar-refractivity contribution in [1.29, 1.82) is 0 Å². The summed E-state index contributed by atoms with van der Waals surface area (Å²) in [5, 5.41) is 6.03. The molecule has 0 radical (unpaired) electrons. The number of nitrogens with one attached hydrogen (secondary N) is 2. The van der Waals surface area contributed by atoms with Gasteiger partial charge in [-0.1, -0.05) is 59.6 Å². The summed E-state index contributed by atoms with van der Waals surface area (Å²) in [6.45, 7) is 1.72. The van der Waals surface area contributed by atoms with E-state index in [9.17, 15) is 14.4 Å². The Hall–Kier alpha value is -4.59. The molecule has 40 heavy (non-hydrogen) atoms. The number of carbonyl (C=O) groups is 3. The lowest BCUT2D eigenvalue weighted by atomic mass is 10.1. The number of nitrogens with zero attached hydrogens (tertiary/aromatic N) is 1. The molecule has 0 bridgehead atoms. The van der Waals surface area contributed by atoms with E-state index in [-0.39, 0.29) is 23.1 Å². The van der Waals surface area contributed by atoms with Gasteiger partial charge in [-0.2, -0.15) is 0 Å². The first-order valence-electron chi connectivity index (χ1n) is 12.3. The molecule has 5 rings (SSSR count). The summed E-state index contributed by atoms with van der Waals surface area (Å²) in [7, 11) is 0. The van der Waals surface area contributed by atoms with Crippen LogP contribution in [-0.2, 0) is 20.8 Å². The molecule has 1 aliphatic heterocycles. The highest BCUT2D eigenvalue weighted by Gasteiger charge is 2.39. The van der Waals surface area contributed by atoms with Gasteiger partial charge in [0.05, 0.1) is 12.1 Å². The Bertz CT molecular complexity index is 1620. The van der Waals surface area contributed by atoms with Gasteiger partial charge in [-0.25, -0.2) is 4.90 Å². The quantitative estimate of drug-likeness (QED) is 0.221. The van der Waals surface area contributed by atoms with Crippen molar-refractivity contribution in [2.45, 2.75) is 13.3 Å². The first-order chi connectivity index (χ1) is 19.3. The van der Waals surface area contributed by atoms with E-state index in [2.05, 4.69) is 10.6 Å². The summed E-state index contributed by atoms with van der Waals surface area (Å²) in [6, 6.07) is 28.5. The van der Waals surface area contributed by atoms with Crippen LogP contribution in [0.15, 0.2) is 108 Å². The van der Waals surface area contributed by atoms with Gasteiger partial charge in [-0.15, -0.1) is 0 Å². The highest BCUT2D eigenvalue weighted by Crippen LogP contribution is 2.34. The Kier molecular flexibility index (Phi) is 7.86. The van der Waals surface area contributed by atoms with Gasteiger partial charge >= 0.3 is 0 Å². The molecule has 0 aliphatic carbocycles. The fourth-order valence-electron chi connectivity index (χ4n) is 4.14. The average Bonchev–Trinajstić information content (AvgIpc) is 3.16. The molecule has 200 valence electrons. The van der Waals surface area contributed by atoms with Gasteiger partial charge in [0.15, 0.2) is 0 Å². The summed E-state index contributed by atoms with van der Waals surface area (Å²) in [5.74, 6) is -0.00670. The summed E-state index contributed by atoms with van der Waals surface area (Å²) < 4.78 is 5.77. The van der Waals surface area contributed by atoms with Gasteiger partial charge in [0.1, 0.15) is 22.2 Å². The SMILES string of the molecule is Cc1c(Cl)cccc1N1C(=O)C(Cl)=C(Nc2ccc(CC(=O)Nc3ccc(Oc4ccccc4)cc3)cc2)C1=O. The van der Waals surface area contributed by atoms with Gasteiger partial charge in [-0.3, -0.25) is 14.4 Å². The summed E-state index contributed by atoms with van der Waals surface area (Å²) in [6.07, 6.45) is 0.144. The maximum absolute atomic E-state index is 13.1. The van der Waals surface area contributed by atoms with Crippen LogP contribution in [0.4, 0.5) is 17.1 Å². The molecule has 9 heteroatoms. The van der Waals surface area contributed by atoms with Gasteiger partial charge in [0.25, 0.3) is 11.8 Å². The van der Waals surface area contributed by atoms with Crippen LogP contribution in [0.3, 0.4) is 0 Å². The lowest BCUT2D eigenvalue weighted by Crippen LogP contribution is -2.32. The largest absolute Gasteiger partial charge is 0.457 e. The fourth-order valence-corrected chi connectivity index (χ4v) is 4.52. The average molecular weight is 572 g/mol. The number of benzene rings is 4. The van der Waals surface area contributed by atoms with Crippen LogP contribution in [0, 0.1) is 6.92 Å². The van der Waals surface area contributed by atoms with Crippen LogP contribution in [0.2, 0.25) is 5.02 Å². The van der Waals surface area contributed by atoms with Crippen molar-refractivity contribution < 1.29 is 19.1 Å². The maximum Gasteiger partial charge on any atom is 0.283 e. The van der Waals surface area contributed by atoms with Gasteiger partial charge in [-0.05, 0) is 78.7 Å². The van der Waals surface area contributed by atoms with E-state index < -0.39 is 11.8 Å². The molecule has 3 amide bonds. The minimum absolute atomic E-state index is 0.0313. The topological polar surface area (TPSA) is 87.7 Å². The third-order valence-electron chi connectivity index (χ3n) is 6.21. The zero-order valence-electron chi connectivity index (χ0n) is 21.3. The number of halogens is 2. The minimum Gasteiger partial charge on any atom is -0.457 e. The van der Waals surface area contributed by atoms with Crippen molar-refractivity contribution in [3.8, 4) is 11.5 Å². The third-order valence-corrected chi connectivity index (χ3v) is 6.97. The summed E-state index contributed by atoms with van der Waals surface area (Å²) in [5.41, 5.74) is 2.88. The van der Waals surface area contributed by atoms with Crippen molar-refractivity contribution in [1.82, 2.24) is 0 Å². The van der Waals surface area contributed by atoms with Crippen LogP contribution in [0.25, 0.3) is 0 Å². The monoisotopic (exact) mass is 571 g/mol. The molecule has 0 saturated carbocycles. The molecule has 7 nitrogen and oxygen atoms in total. The van der Waals surface area contributed by atoms with Crippen molar-refractivity contribution in [2.24, 2.45) is 0 Å². The normalized spacial score (nSPS) is 13.0. The van der Waals surface area contributed by atoms with E-state index in [1.165, 1.54) is 0 Å². The second-order valence-electron chi connectivity index (χ2n) is 9.01. The Morgan fingerprint density at radius 3 is 2.12 bits per heavy atom. The lowest BCUT2D eigenvalue weighted by Gasteiger charge is -2.18. The molecule has 2 N–H and O–H groups in total. The van der Waals surface area contributed by atoms with Gasteiger partial charge < -0.3 is 15.4 Å². The predicted molar refractivity (Wildman–Crippen MR) is 157 cm³/mol. The van der Waals surface area contributed by atoms with Crippen LogP contribution < -0.4 is 20.3 Å². The number of hydrogen-bond donors (Lipinski definition) is 2. The van der Waals surface area contributed by atoms with Crippen LogP contribution in [0.5, 0.6) is 11.5 Å². The number of hydrogen-bond acceptors (Lipinski definition) is 5. The second kappa shape index (κ2) is 11.7. The van der Waals surface area contributed by atoms with E-state index in [0.29, 0.717) is 33.4 Å². The smallest absolute Gasteiger partial charge is 0.283 e. The fraction of sp³-hybridized carbons (Fsp3) is 0.0645. The Labute approximate surface area is 241 Å². The molecule has 0 atom stereocenters. The lowest BCUT2D eigenvalue weighted by molar-refractivity contribution is -0.120. The standard InChI is InChI=1S/C31H23Cl2N3O4/c1-19-25(32)8-5-9-26(19)36-30(38)28(33)29(31(36)39)35-22-12-10-20(11-13-22)18-27(37)34-21-14-16-24(17-15-21)40-23-6-3-2-4-7-23/h2-17,35H,18H2,1H3,(H,34,37). The van der Waals surface area contributed by atoms with Crippen LogP contribution in [-0.4, -0.2) is 17.7 Å². The number of carbonyl (C=O) groups excluding carboxylic acids is 3. The molecule has 0 saturated heterocycles. The Balaban J connectivity index is 1.19. The van der Waals surface area contributed by atoms with Crippen LogP contribution >= 0.6 is 23.2 Å². The molecule has 0 unspecified atom stereocenters. The molecule has 0 spiro atoms. The number of para-hydroxylation sites is 1. The van der Waals surface area contributed by atoms with Crippen molar-refractivity contribution in [3.05, 3.63) is 124 Å². The number of amides is 3. The summed E-state index contributed by atoms with van der Waals surface area (Å²) in [4.78, 5) is 39.5. The van der Waals surface area contributed by atoms with E-state index in [1.54, 1.807) is 73.7 Å². The summed E-state index contributed by atoms with van der Waals surface area (Å²) >= 11 is 12.4. The Morgan fingerprint density at radius 1 is 0.775 bits per heavy atom. The zero-order chi connectivity index (χ0) is 28.2. The minimum atomic E-state index is -0.632. The Morgan fingerprint density at radius 2 is 1.43 bits per heavy atom. The van der Waals surface area contributed by atoms with Crippen molar-refractivity contribution >= 4 is 58.0 Å². The highest BCUT2D eigenvalue weighted by molar-refractivity contribution is 6.53. The molecular weight excluding hydrogens is 549 g/mol. The van der Waals surface area contributed by atoms with Gasteiger partial charge in [0.2, 0.25) is 5.91 Å². The van der Waals surface area contributed by atoms with E-state index in [1.807, 2.05) is 30.3 Å². The second-order valence-corrected chi connectivity index (χ2v) is 9.79. The first-order valence-corrected chi connectivity index (χ1v) is 13.1. The molecule has 1 heterocycles. The van der Waals surface area contributed by atoms with Crippen LogP contribution in [0.1, 0.15) is 11.1 Å². The van der Waals surface area contributed by atoms with Crippen molar-refractivity contribution in [3.63, 3.8) is 0 Å². The number of rotatable bonds is 8. The first kappa shape index (κ1) is 27.0.